The molecule has 0 saturated heterocycles. The van der Waals surface area contributed by atoms with Gasteiger partial charge in [-0.1, -0.05) is 12.8 Å². The summed E-state index contributed by atoms with van der Waals surface area (Å²) < 4.78 is 4.15. The van der Waals surface area contributed by atoms with Crippen molar-refractivity contribution in [3.63, 3.8) is 0 Å². The molecule has 21 heavy (non-hydrogen) atoms. The van der Waals surface area contributed by atoms with Crippen molar-refractivity contribution in [3.05, 3.63) is 35.4 Å². The van der Waals surface area contributed by atoms with Gasteiger partial charge in [-0.05, 0) is 32.8 Å². The largest absolute Gasteiger partial charge is 0.304 e. The van der Waals surface area contributed by atoms with Gasteiger partial charge in [0.2, 0.25) is 0 Å². The van der Waals surface area contributed by atoms with E-state index in [1.165, 1.54) is 42.6 Å². The summed E-state index contributed by atoms with van der Waals surface area (Å²) >= 11 is 0. The maximum atomic E-state index is 4.53. The third-order valence-electron chi connectivity index (χ3n) is 4.75. The van der Waals surface area contributed by atoms with Crippen LogP contribution in [-0.2, 0) is 13.6 Å². The zero-order valence-corrected chi connectivity index (χ0v) is 13.2. The summed E-state index contributed by atoms with van der Waals surface area (Å²) in [6.45, 7) is 5.16. The van der Waals surface area contributed by atoms with E-state index >= 15 is 0 Å². The van der Waals surface area contributed by atoms with Gasteiger partial charge in [0.15, 0.2) is 0 Å². The Morgan fingerprint density at radius 3 is 2.76 bits per heavy atom. The number of aryl methyl sites for hydroxylation is 1. The van der Waals surface area contributed by atoms with Gasteiger partial charge >= 0.3 is 0 Å². The van der Waals surface area contributed by atoms with E-state index in [0.29, 0.717) is 12.1 Å². The third kappa shape index (κ3) is 2.88. The first-order valence-corrected chi connectivity index (χ1v) is 7.91. The molecular weight excluding hydrogens is 262 g/mol. The number of rotatable bonds is 5. The number of hydrogen-bond acceptors (Lipinski definition) is 3. The van der Waals surface area contributed by atoms with Gasteiger partial charge in [-0.3, -0.25) is 9.36 Å². The molecule has 0 aliphatic heterocycles. The van der Waals surface area contributed by atoms with Gasteiger partial charge in [0.1, 0.15) is 0 Å². The molecule has 2 heterocycles. The monoisotopic (exact) mass is 287 g/mol. The molecule has 5 heteroatoms. The van der Waals surface area contributed by atoms with Crippen LogP contribution in [0.3, 0.4) is 0 Å². The number of nitrogens with zero attached hydrogens (tertiary/aromatic N) is 4. The van der Waals surface area contributed by atoms with E-state index in [-0.39, 0.29) is 0 Å². The topological polar surface area (TPSA) is 47.7 Å². The van der Waals surface area contributed by atoms with Crippen molar-refractivity contribution < 1.29 is 0 Å². The molecule has 1 saturated carbocycles. The average Bonchev–Trinajstić information content (AvgIpc) is 3.19. The molecule has 2 aromatic heterocycles. The number of aromatic nitrogens is 4. The maximum absolute atomic E-state index is 4.53. The van der Waals surface area contributed by atoms with E-state index in [0.717, 1.165) is 6.54 Å². The summed E-state index contributed by atoms with van der Waals surface area (Å²) in [6, 6.07) is 3.03. The molecule has 2 aromatic rings. The molecular formula is C16H25N5. The van der Waals surface area contributed by atoms with Crippen LogP contribution >= 0.6 is 0 Å². The minimum Gasteiger partial charge on any atom is -0.304 e. The third-order valence-corrected chi connectivity index (χ3v) is 4.75. The van der Waals surface area contributed by atoms with Crippen LogP contribution in [0.5, 0.6) is 0 Å². The summed E-state index contributed by atoms with van der Waals surface area (Å²) in [6.07, 6.45) is 9.10. The molecule has 1 aliphatic carbocycles. The molecule has 0 bridgehead atoms. The van der Waals surface area contributed by atoms with Crippen LogP contribution in [0.1, 0.15) is 61.6 Å². The van der Waals surface area contributed by atoms with E-state index in [4.69, 9.17) is 0 Å². The van der Waals surface area contributed by atoms with Crippen LogP contribution in [0.15, 0.2) is 18.5 Å². The second-order valence-electron chi connectivity index (χ2n) is 6.12. The van der Waals surface area contributed by atoms with E-state index in [1.807, 2.05) is 24.1 Å². The predicted molar refractivity (Wildman–Crippen MR) is 82.9 cm³/mol. The molecule has 0 unspecified atom stereocenters. The van der Waals surface area contributed by atoms with Crippen LogP contribution in [0, 0.1) is 6.92 Å². The molecule has 114 valence electrons. The van der Waals surface area contributed by atoms with Gasteiger partial charge in [-0.15, -0.1) is 0 Å². The lowest BCUT2D eigenvalue weighted by molar-refractivity contribution is 0.434. The van der Waals surface area contributed by atoms with E-state index in [9.17, 15) is 0 Å². The minimum absolute atomic E-state index is 0.297. The summed E-state index contributed by atoms with van der Waals surface area (Å²) in [5.74, 6) is 0. The second-order valence-corrected chi connectivity index (χ2v) is 6.12. The van der Waals surface area contributed by atoms with E-state index in [2.05, 4.69) is 40.1 Å². The summed E-state index contributed by atoms with van der Waals surface area (Å²) in [4.78, 5) is 0. The molecule has 3 rings (SSSR count). The normalized spacial score (nSPS) is 17.5. The zero-order chi connectivity index (χ0) is 14.8. The lowest BCUT2D eigenvalue weighted by Gasteiger charge is -2.17. The molecule has 0 radical (unpaired) electrons. The first-order chi connectivity index (χ1) is 10.2. The van der Waals surface area contributed by atoms with Gasteiger partial charge in [0.25, 0.3) is 0 Å². The first kappa shape index (κ1) is 14.3. The smallest absolute Gasteiger partial charge is 0.0540 e. The molecule has 1 atom stereocenters. The van der Waals surface area contributed by atoms with Crippen LogP contribution in [0.4, 0.5) is 0 Å². The van der Waals surface area contributed by atoms with Crippen molar-refractivity contribution in [2.24, 2.45) is 7.05 Å². The van der Waals surface area contributed by atoms with Gasteiger partial charge in [0.05, 0.1) is 17.9 Å². The minimum atomic E-state index is 0.297. The van der Waals surface area contributed by atoms with Gasteiger partial charge in [-0.2, -0.15) is 10.2 Å². The molecule has 0 spiro atoms. The highest BCUT2D eigenvalue weighted by Crippen LogP contribution is 2.29. The standard InChI is InChI=1S/C16H25N5/c1-12(16-11-19-20(3)13(16)2)17-10-15-8-9-18-21(15)14-6-4-5-7-14/h8-9,11-12,14,17H,4-7,10H2,1-3H3/t12-/m0/s1. The SMILES string of the molecule is Cc1c([C@H](C)NCc2ccnn2C2CCCC2)cnn1C. The fourth-order valence-corrected chi connectivity index (χ4v) is 3.27. The Kier molecular flexibility index (Phi) is 4.10. The van der Waals surface area contributed by atoms with Gasteiger partial charge in [-0.25, -0.2) is 0 Å². The lowest BCUT2D eigenvalue weighted by atomic mass is 10.1. The zero-order valence-electron chi connectivity index (χ0n) is 13.2. The van der Waals surface area contributed by atoms with Crippen molar-refractivity contribution in [1.29, 1.82) is 0 Å². The Hall–Kier alpha value is -1.62. The van der Waals surface area contributed by atoms with Crippen molar-refractivity contribution in [1.82, 2.24) is 24.9 Å². The fraction of sp³-hybridized carbons (Fsp3) is 0.625. The first-order valence-electron chi connectivity index (χ1n) is 7.91. The van der Waals surface area contributed by atoms with E-state index < -0.39 is 0 Å². The summed E-state index contributed by atoms with van der Waals surface area (Å²) in [5, 5.41) is 12.5. The van der Waals surface area contributed by atoms with Crippen LogP contribution in [-0.4, -0.2) is 19.6 Å². The summed E-state index contributed by atoms with van der Waals surface area (Å²) in [7, 11) is 1.99. The van der Waals surface area contributed by atoms with Crippen molar-refractivity contribution >= 4 is 0 Å². The molecule has 1 fully saturated rings. The van der Waals surface area contributed by atoms with Crippen molar-refractivity contribution in [2.45, 2.75) is 58.2 Å². The Bertz CT molecular complexity index is 592. The second kappa shape index (κ2) is 6.02. The highest BCUT2D eigenvalue weighted by Gasteiger charge is 2.20. The molecule has 0 amide bonds. The van der Waals surface area contributed by atoms with Crippen LogP contribution < -0.4 is 5.32 Å². The van der Waals surface area contributed by atoms with Gasteiger partial charge in [0, 0.05) is 37.1 Å². The van der Waals surface area contributed by atoms with Crippen LogP contribution in [0.2, 0.25) is 0 Å². The average molecular weight is 287 g/mol. The Morgan fingerprint density at radius 2 is 2.10 bits per heavy atom. The fourth-order valence-electron chi connectivity index (χ4n) is 3.27. The van der Waals surface area contributed by atoms with E-state index in [1.54, 1.807) is 0 Å². The molecule has 1 aliphatic rings. The highest BCUT2D eigenvalue weighted by atomic mass is 15.3. The highest BCUT2D eigenvalue weighted by molar-refractivity contribution is 5.20. The molecule has 0 aromatic carbocycles. The Labute approximate surface area is 126 Å². The molecule has 5 nitrogen and oxygen atoms in total. The predicted octanol–water partition coefficient (Wildman–Crippen LogP) is 2.89. The van der Waals surface area contributed by atoms with Crippen molar-refractivity contribution in [3.8, 4) is 0 Å². The maximum Gasteiger partial charge on any atom is 0.0540 e. The Morgan fingerprint density at radius 1 is 1.33 bits per heavy atom. The summed E-state index contributed by atoms with van der Waals surface area (Å²) in [5.41, 5.74) is 3.78. The van der Waals surface area contributed by atoms with Crippen LogP contribution in [0.25, 0.3) is 0 Å². The number of nitrogens with one attached hydrogen (secondary N) is 1. The number of hydrogen-bond donors (Lipinski definition) is 1. The quantitative estimate of drug-likeness (QED) is 0.920. The Balaban J connectivity index is 1.65. The lowest BCUT2D eigenvalue weighted by Crippen LogP contribution is -2.22. The van der Waals surface area contributed by atoms with Crippen molar-refractivity contribution in [2.75, 3.05) is 0 Å². The molecule has 1 N–H and O–H groups in total. The van der Waals surface area contributed by atoms with Gasteiger partial charge < -0.3 is 5.32 Å².